The van der Waals surface area contributed by atoms with Gasteiger partial charge in [-0.05, 0) is 25.0 Å². The molecule has 2 heterocycles. The Labute approximate surface area is 177 Å². The van der Waals surface area contributed by atoms with Crippen molar-refractivity contribution in [1.82, 2.24) is 20.6 Å². The molecule has 0 fully saturated rings. The molecule has 0 radical (unpaired) electrons. The van der Waals surface area contributed by atoms with Crippen LogP contribution in [0.2, 0.25) is 0 Å². The quantitative estimate of drug-likeness (QED) is 0.354. The van der Waals surface area contributed by atoms with E-state index in [2.05, 4.69) is 51.7 Å². The molecule has 144 valence electrons. The van der Waals surface area contributed by atoms with Gasteiger partial charge < -0.3 is 15.5 Å². The fourth-order valence-electron chi connectivity index (χ4n) is 2.14. The molecule has 2 rings (SSSR count). The van der Waals surface area contributed by atoms with Crippen LogP contribution in [-0.4, -0.2) is 36.6 Å². The van der Waals surface area contributed by atoms with Crippen molar-refractivity contribution in [2.24, 2.45) is 4.99 Å². The van der Waals surface area contributed by atoms with E-state index in [1.165, 1.54) is 0 Å². The topological polar surface area (TPSA) is 65.4 Å². The smallest absolute Gasteiger partial charge is 0.191 e. The van der Waals surface area contributed by atoms with E-state index in [1.54, 1.807) is 11.3 Å². The van der Waals surface area contributed by atoms with Crippen LogP contribution < -0.4 is 15.5 Å². The van der Waals surface area contributed by atoms with Gasteiger partial charge in [0.2, 0.25) is 0 Å². The average Bonchev–Trinajstić information content (AvgIpc) is 3.07. The van der Waals surface area contributed by atoms with Crippen LogP contribution in [0.25, 0.3) is 0 Å². The predicted octanol–water partition coefficient (Wildman–Crippen LogP) is 3.60. The van der Waals surface area contributed by atoms with E-state index in [9.17, 15) is 0 Å². The molecule has 0 amide bonds. The van der Waals surface area contributed by atoms with E-state index in [0.717, 1.165) is 34.7 Å². The largest absolute Gasteiger partial charge is 0.363 e. The van der Waals surface area contributed by atoms with Crippen molar-refractivity contribution >= 4 is 47.1 Å². The average molecular weight is 488 g/mol. The highest BCUT2D eigenvalue weighted by atomic mass is 127. The van der Waals surface area contributed by atoms with E-state index in [1.807, 2.05) is 37.2 Å². The summed E-state index contributed by atoms with van der Waals surface area (Å²) in [5.74, 6) is 2.18. The second kappa shape index (κ2) is 11.3. The minimum absolute atomic E-state index is 0. The number of aliphatic imine (C=N–C) groups is 1. The van der Waals surface area contributed by atoms with Crippen molar-refractivity contribution in [3.8, 4) is 0 Å². The highest BCUT2D eigenvalue weighted by molar-refractivity contribution is 14.0. The zero-order valence-corrected chi connectivity index (χ0v) is 19.3. The molecular formula is C18H29IN6S. The van der Waals surface area contributed by atoms with E-state index >= 15 is 0 Å². The van der Waals surface area contributed by atoms with E-state index in [-0.39, 0.29) is 24.0 Å². The van der Waals surface area contributed by atoms with Gasteiger partial charge in [-0.3, -0.25) is 0 Å². The van der Waals surface area contributed by atoms with Gasteiger partial charge in [-0.1, -0.05) is 19.9 Å². The normalized spacial score (nSPS) is 11.2. The second-order valence-electron chi connectivity index (χ2n) is 6.25. The number of nitrogens with zero attached hydrogens (tertiary/aromatic N) is 4. The van der Waals surface area contributed by atoms with Crippen LogP contribution >= 0.6 is 35.3 Å². The van der Waals surface area contributed by atoms with Gasteiger partial charge in [0.05, 0.1) is 24.5 Å². The van der Waals surface area contributed by atoms with Gasteiger partial charge in [-0.15, -0.1) is 35.3 Å². The zero-order chi connectivity index (χ0) is 18.2. The van der Waals surface area contributed by atoms with Crippen LogP contribution in [0.4, 0.5) is 5.82 Å². The summed E-state index contributed by atoms with van der Waals surface area (Å²) in [6.45, 7) is 8.40. The summed E-state index contributed by atoms with van der Waals surface area (Å²) in [6.07, 6.45) is 0. The maximum Gasteiger partial charge on any atom is 0.191 e. The predicted molar refractivity (Wildman–Crippen MR) is 122 cm³/mol. The zero-order valence-electron chi connectivity index (χ0n) is 16.1. The third-order valence-corrected chi connectivity index (χ3v) is 4.43. The van der Waals surface area contributed by atoms with Gasteiger partial charge in [0, 0.05) is 26.0 Å². The molecular weight excluding hydrogens is 459 g/mol. The Kier molecular flexibility index (Phi) is 9.85. The van der Waals surface area contributed by atoms with Crippen LogP contribution in [0.1, 0.15) is 43.1 Å². The molecule has 8 heteroatoms. The summed E-state index contributed by atoms with van der Waals surface area (Å²) >= 11 is 1.68. The van der Waals surface area contributed by atoms with Crippen LogP contribution in [-0.2, 0) is 13.1 Å². The first-order chi connectivity index (χ1) is 12.0. The van der Waals surface area contributed by atoms with Gasteiger partial charge in [-0.25, -0.2) is 15.0 Å². The summed E-state index contributed by atoms with van der Waals surface area (Å²) in [6, 6.07) is 6.00. The molecule has 2 N–H and O–H groups in total. The van der Waals surface area contributed by atoms with Gasteiger partial charge in [0.1, 0.15) is 10.8 Å². The number of hydrogen-bond donors (Lipinski definition) is 2. The number of thiazole rings is 1. The molecule has 0 aliphatic carbocycles. The molecule has 0 aliphatic heterocycles. The lowest BCUT2D eigenvalue weighted by molar-refractivity contribution is 0.786. The summed E-state index contributed by atoms with van der Waals surface area (Å²) in [5.41, 5.74) is 2.09. The van der Waals surface area contributed by atoms with E-state index in [0.29, 0.717) is 19.0 Å². The maximum atomic E-state index is 4.65. The molecule has 0 saturated carbocycles. The standard InChI is InChI=1S/C18H28N6S.HI/c1-6-19-18(21-11-17-23-15(12-25-17)13(2)3)20-10-14-8-7-9-16(22-14)24(4)5;/h7-9,12-13H,6,10-11H2,1-5H3,(H2,19,20,21);1H. The molecule has 0 unspecified atom stereocenters. The Morgan fingerprint density at radius 2 is 2.00 bits per heavy atom. The number of halogens is 1. The Morgan fingerprint density at radius 1 is 1.23 bits per heavy atom. The van der Waals surface area contributed by atoms with Crippen LogP contribution in [0.5, 0.6) is 0 Å². The van der Waals surface area contributed by atoms with Crippen molar-refractivity contribution in [3.05, 3.63) is 40.0 Å². The van der Waals surface area contributed by atoms with Crippen molar-refractivity contribution in [2.45, 2.75) is 39.8 Å². The lowest BCUT2D eigenvalue weighted by Gasteiger charge is -2.12. The van der Waals surface area contributed by atoms with Crippen LogP contribution in [0.15, 0.2) is 28.6 Å². The van der Waals surface area contributed by atoms with Gasteiger partial charge in [0.15, 0.2) is 5.96 Å². The first-order valence-corrected chi connectivity index (χ1v) is 9.47. The van der Waals surface area contributed by atoms with Crippen molar-refractivity contribution in [3.63, 3.8) is 0 Å². The third-order valence-electron chi connectivity index (χ3n) is 3.56. The summed E-state index contributed by atoms with van der Waals surface area (Å²) in [5, 5.41) is 9.81. The number of anilines is 1. The molecule has 0 saturated heterocycles. The third kappa shape index (κ3) is 7.06. The molecule has 26 heavy (non-hydrogen) atoms. The lowest BCUT2D eigenvalue weighted by Crippen LogP contribution is -2.36. The first-order valence-electron chi connectivity index (χ1n) is 8.59. The lowest BCUT2D eigenvalue weighted by atomic mass is 10.2. The number of pyridine rings is 1. The Bertz CT molecular complexity index is 698. The summed E-state index contributed by atoms with van der Waals surface area (Å²) in [7, 11) is 3.97. The van der Waals surface area contributed by atoms with Crippen molar-refractivity contribution < 1.29 is 0 Å². The van der Waals surface area contributed by atoms with Gasteiger partial charge >= 0.3 is 0 Å². The fourth-order valence-corrected chi connectivity index (χ4v) is 3.03. The number of rotatable bonds is 7. The van der Waals surface area contributed by atoms with Gasteiger partial charge in [0.25, 0.3) is 0 Å². The van der Waals surface area contributed by atoms with E-state index < -0.39 is 0 Å². The Balaban J connectivity index is 0.00000338. The molecule has 0 aliphatic rings. The first kappa shape index (κ1) is 22.6. The van der Waals surface area contributed by atoms with Crippen molar-refractivity contribution in [1.29, 1.82) is 0 Å². The van der Waals surface area contributed by atoms with E-state index in [4.69, 9.17) is 0 Å². The monoisotopic (exact) mass is 488 g/mol. The minimum atomic E-state index is 0. The molecule has 0 atom stereocenters. The minimum Gasteiger partial charge on any atom is -0.363 e. The highest BCUT2D eigenvalue weighted by Crippen LogP contribution is 2.17. The highest BCUT2D eigenvalue weighted by Gasteiger charge is 2.06. The van der Waals surface area contributed by atoms with Crippen LogP contribution in [0.3, 0.4) is 0 Å². The number of nitrogens with one attached hydrogen (secondary N) is 2. The molecule has 0 bridgehead atoms. The second-order valence-corrected chi connectivity index (χ2v) is 7.19. The molecule has 2 aromatic heterocycles. The fraction of sp³-hybridized carbons (Fsp3) is 0.500. The van der Waals surface area contributed by atoms with Crippen molar-refractivity contribution in [2.75, 3.05) is 25.5 Å². The Morgan fingerprint density at radius 3 is 2.62 bits per heavy atom. The molecule has 0 spiro atoms. The maximum absolute atomic E-state index is 4.65. The van der Waals surface area contributed by atoms with Gasteiger partial charge in [-0.2, -0.15) is 0 Å². The summed E-state index contributed by atoms with van der Waals surface area (Å²) in [4.78, 5) is 15.9. The molecule has 6 nitrogen and oxygen atoms in total. The number of aromatic nitrogens is 2. The molecule has 0 aromatic carbocycles. The Hall–Kier alpha value is -1.42. The number of guanidine groups is 1. The van der Waals surface area contributed by atoms with Crippen LogP contribution in [0, 0.1) is 0 Å². The summed E-state index contributed by atoms with van der Waals surface area (Å²) < 4.78 is 0. The SMILES string of the molecule is CCNC(=NCc1cccc(N(C)C)n1)NCc1nc(C(C)C)cs1.I. The molecule has 2 aromatic rings. The number of hydrogen-bond acceptors (Lipinski definition) is 5.